The lowest BCUT2D eigenvalue weighted by atomic mass is 10.5. The van der Waals surface area contributed by atoms with Crippen molar-refractivity contribution in [2.45, 2.75) is 6.92 Å². The van der Waals surface area contributed by atoms with Crippen molar-refractivity contribution in [1.29, 1.82) is 0 Å². The minimum Gasteiger partial charge on any atom is -0.397 e. The van der Waals surface area contributed by atoms with E-state index in [2.05, 4.69) is 32.9 Å². The maximum Gasteiger partial charge on any atom is 0.151 e. The number of rotatable bonds is 2. The summed E-state index contributed by atoms with van der Waals surface area (Å²) in [6.45, 7) is 4.98. The standard InChI is InChI=1S/C5H8BrN3/c1-3-4(7)5(6)9-8-2/h3H,2,7H2,1H3/b4-3+,9-5+. The molecule has 0 spiro atoms. The normalized spacial score (nSPS) is 13.6. The van der Waals surface area contributed by atoms with Crippen LogP contribution < -0.4 is 5.73 Å². The van der Waals surface area contributed by atoms with Gasteiger partial charge in [-0.3, -0.25) is 0 Å². The summed E-state index contributed by atoms with van der Waals surface area (Å²) in [5, 5.41) is 6.82. The molecule has 0 bridgehead atoms. The van der Waals surface area contributed by atoms with Gasteiger partial charge in [0, 0.05) is 6.72 Å². The van der Waals surface area contributed by atoms with Crippen molar-refractivity contribution < 1.29 is 0 Å². The summed E-state index contributed by atoms with van der Waals surface area (Å²) in [5.41, 5.74) is 5.96. The van der Waals surface area contributed by atoms with Gasteiger partial charge in [0.2, 0.25) is 0 Å². The van der Waals surface area contributed by atoms with Crippen molar-refractivity contribution in [2.24, 2.45) is 15.9 Å². The maximum atomic E-state index is 5.40. The molecule has 0 rings (SSSR count). The summed E-state index contributed by atoms with van der Waals surface area (Å²) in [5.74, 6) is 0. The van der Waals surface area contributed by atoms with Crippen molar-refractivity contribution >= 4 is 27.3 Å². The van der Waals surface area contributed by atoms with E-state index in [0.717, 1.165) is 0 Å². The van der Waals surface area contributed by atoms with Gasteiger partial charge >= 0.3 is 0 Å². The Labute approximate surface area is 62.5 Å². The lowest BCUT2D eigenvalue weighted by Gasteiger charge is -1.91. The summed E-state index contributed by atoms with van der Waals surface area (Å²) in [4.78, 5) is 0. The first-order valence-electron chi connectivity index (χ1n) is 2.33. The second-order valence-corrected chi connectivity index (χ2v) is 2.03. The van der Waals surface area contributed by atoms with Gasteiger partial charge in [-0.25, -0.2) is 0 Å². The Balaban J connectivity index is 4.19. The van der Waals surface area contributed by atoms with Crippen molar-refractivity contribution in [3.05, 3.63) is 11.8 Å². The summed E-state index contributed by atoms with van der Waals surface area (Å²) in [6, 6.07) is 0. The quantitative estimate of drug-likeness (QED) is 0.517. The minimum absolute atomic E-state index is 0.514. The van der Waals surface area contributed by atoms with E-state index >= 15 is 0 Å². The number of allylic oxidation sites excluding steroid dienone is 2. The van der Waals surface area contributed by atoms with E-state index < -0.39 is 0 Å². The number of nitrogens with zero attached hydrogens (tertiary/aromatic N) is 2. The molecular formula is C5H8BrN3. The Morgan fingerprint density at radius 1 is 1.78 bits per heavy atom. The first-order chi connectivity index (χ1) is 4.22. The molecule has 4 heteroatoms. The fourth-order valence-corrected chi connectivity index (χ4v) is 0.580. The Kier molecular flexibility index (Phi) is 3.96. The van der Waals surface area contributed by atoms with E-state index in [9.17, 15) is 0 Å². The highest BCUT2D eigenvalue weighted by atomic mass is 79.9. The Morgan fingerprint density at radius 2 is 2.33 bits per heavy atom. The van der Waals surface area contributed by atoms with Crippen molar-refractivity contribution in [1.82, 2.24) is 0 Å². The summed E-state index contributed by atoms with van der Waals surface area (Å²) in [7, 11) is 0. The first kappa shape index (κ1) is 8.36. The van der Waals surface area contributed by atoms with Gasteiger partial charge in [-0.1, -0.05) is 6.08 Å². The zero-order valence-corrected chi connectivity index (χ0v) is 6.72. The second kappa shape index (κ2) is 4.26. The van der Waals surface area contributed by atoms with Crippen molar-refractivity contribution in [2.75, 3.05) is 0 Å². The summed E-state index contributed by atoms with van der Waals surface area (Å²) in [6.07, 6.45) is 1.72. The monoisotopic (exact) mass is 189 g/mol. The van der Waals surface area contributed by atoms with Crippen LogP contribution in [-0.2, 0) is 0 Å². The van der Waals surface area contributed by atoms with Gasteiger partial charge in [0.25, 0.3) is 0 Å². The van der Waals surface area contributed by atoms with Crippen LogP contribution in [0.25, 0.3) is 0 Å². The van der Waals surface area contributed by atoms with Crippen LogP contribution in [0, 0.1) is 0 Å². The number of nitrogens with two attached hydrogens (primary N) is 1. The molecule has 0 aromatic heterocycles. The molecule has 0 unspecified atom stereocenters. The lowest BCUT2D eigenvalue weighted by Crippen LogP contribution is -2.03. The minimum atomic E-state index is 0.514. The average molecular weight is 190 g/mol. The van der Waals surface area contributed by atoms with E-state index in [0.29, 0.717) is 10.3 Å². The van der Waals surface area contributed by atoms with E-state index in [1.54, 1.807) is 6.08 Å². The zero-order chi connectivity index (χ0) is 7.28. The van der Waals surface area contributed by atoms with Crippen molar-refractivity contribution in [3.63, 3.8) is 0 Å². The molecule has 0 aliphatic carbocycles. The third-order valence-electron chi connectivity index (χ3n) is 0.708. The molecular weight excluding hydrogens is 182 g/mol. The van der Waals surface area contributed by atoms with Crippen molar-refractivity contribution in [3.8, 4) is 0 Å². The fraction of sp³-hybridized carbons (Fsp3) is 0.200. The van der Waals surface area contributed by atoms with Gasteiger partial charge < -0.3 is 5.73 Å². The summed E-state index contributed by atoms with van der Waals surface area (Å²) >= 11 is 3.09. The molecule has 0 amide bonds. The molecule has 0 saturated heterocycles. The van der Waals surface area contributed by atoms with Crippen LogP contribution in [0.3, 0.4) is 0 Å². The molecule has 0 heterocycles. The molecule has 0 aromatic rings. The van der Waals surface area contributed by atoms with E-state index in [4.69, 9.17) is 5.73 Å². The lowest BCUT2D eigenvalue weighted by molar-refractivity contribution is 1.26. The summed E-state index contributed by atoms with van der Waals surface area (Å²) < 4.78 is 0.514. The largest absolute Gasteiger partial charge is 0.397 e. The molecule has 0 aliphatic rings. The Hall–Kier alpha value is -0.640. The zero-order valence-electron chi connectivity index (χ0n) is 5.13. The highest BCUT2D eigenvalue weighted by Crippen LogP contribution is 1.97. The first-order valence-corrected chi connectivity index (χ1v) is 3.13. The Bertz CT molecular complexity index is 160. The van der Waals surface area contributed by atoms with Crippen LogP contribution >= 0.6 is 15.9 Å². The van der Waals surface area contributed by atoms with Gasteiger partial charge in [0.05, 0.1) is 5.70 Å². The molecule has 9 heavy (non-hydrogen) atoms. The molecule has 2 N–H and O–H groups in total. The molecule has 0 atom stereocenters. The second-order valence-electron chi connectivity index (χ2n) is 1.28. The van der Waals surface area contributed by atoms with Gasteiger partial charge in [0.1, 0.15) is 0 Å². The molecule has 0 saturated carbocycles. The van der Waals surface area contributed by atoms with Crippen LogP contribution in [0.1, 0.15) is 6.92 Å². The molecule has 0 aromatic carbocycles. The third-order valence-corrected chi connectivity index (χ3v) is 1.32. The van der Waals surface area contributed by atoms with E-state index in [-0.39, 0.29) is 0 Å². The van der Waals surface area contributed by atoms with Gasteiger partial charge in [0.15, 0.2) is 4.62 Å². The van der Waals surface area contributed by atoms with Gasteiger partial charge in [-0.05, 0) is 22.9 Å². The predicted octanol–water partition coefficient (Wildman–Crippen LogP) is 1.26. The average Bonchev–Trinajstić information content (AvgIpc) is 1.87. The molecule has 0 aliphatic heterocycles. The highest BCUT2D eigenvalue weighted by molar-refractivity contribution is 9.18. The van der Waals surface area contributed by atoms with Gasteiger partial charge in [-0.15, -0.1) is 5.10 Å². The smallest absolute Gasteiger partial charge is 0.151 e. The number of hydrogen-bond acceptors (Lipinski definition) is 3. The van der Waals surface area contributed by atoms with Crippen LogP contribution in [0.4, 0.5) is 0 Å². The number of hydrogen-bond donors (Lipinski definition) is 1. The van der Waals surface area contributed by atoms with Crippen LogP contribution in [0.2, 0.25) is 0 Å². The predicted molar refractivity (Wildman–Crippen MR) is 43.9 cm³/mol. The van der Waals surface area contributed by atoms with Gasteiger partial charge in [-0.2, -0.15) is 5.10 Å². The maximum absolute atomic E-state index is 5.40. The third kappa shape index (κ3) is 3.03. The molecule has 50 valence electrons. The highest BCUT2D eigenvalue weighted by Gasteiger charge is 1.92. The Morgan fingerprint density at radius 3 is 2.67 bits per heavy atom. The fourth-order valence-electron chi connectivity index (χ4n) is 0.239. The van der Waals surface area contributed by atoms with Crippen LogP contribution in [0.15, 0.2) is 22.0 Å². The topological polar surface area (TPSA) is 50.7 Å². The van der Waals surface area contributed by atoms with Crippen LogP contribution in [0.5, 0.6) is 0 Å². The molecule has 0 radical (unpaired) electrons. The van der Waals surface area contributed by atoms with E-state index in [1.807, 2.05) is 6.92 Å². The van der Waals surface area contributed by atoms with E-state index in [1.165, 1.54) is 0 Å². The van der Waals surface area contributed by atoms with Crippen LogP contribution in [-0.4, -0.2) is 11.3 Å². The SMILES string of the molecule is C=N/N=C(Br)\C(N)=C/C. The number of halogens is 1. The molecule has 3 nitrogen and oxygen atoms in total. The molecule has 0 fully saturated rings.